The van der Waals surface area contributed by atoms with E-state index in [4.69, 9.17) is 0 Å². The third-order valence-corrected chi connectivity index (χ3v) is 7.12. The lowest BCUT2D eigenvalue weighted by atomic mass is 10.0. The van der Waals surface area contributed by atoms with Crippen molar-refractivity contribution in [2.45, 2.75) is 6.42 Å². The number of aromatic amines is 2. The van der Waals surface area contributed by atoms with Crippen molar-refractivity contribution >= 4 is 67.4 Å². The molecule has 0 bridgehead atoms. The van der Waals surface area contributed by atoms with E-state index < -0.39 is 0 Å². The molecule has 3 heterocycles. The molecule has 0 saturated heterocycles. The molecule has 0 radical (unpaired) electrons. The fourth-order valence-electron chi connectivity index (χ4n) is 5.33. The van der Waals surface area contributed by atoms with Crippen LogP contribution in [-0.4, -0.2) is 39.8 Å². The highest BCUT2D eigenvalue weighted by molar-refractivity contribution is 6.15. The fourth-order valence-corrected chi connectivity index (χ4v) is 5.33. The molecule has 0 unspecified atom stereocenters. The number of phenols is 1. The molecule has 0 spiro atoms. The highest BCUT2D eigenvalue weighted by Gasteiger charge is 2.29. The van der Waals surface area contributed by atoms with Crippen LogP contribution in [0.2, 0.25) is 0 Å². The predicted octanol–water partition coefficient (Wildman–Crippen LogP) is 6.82. The van der Waals surface area contributed by atoms with Gasteiger partial charge >= 0.3 is 0 Å². The second-order valence-electron chi connectivity index (χ2n) is 9.36. The monoisotopic (exact) mass is 536 g/mol. The number of benzene rings is 4. The number of halogens is 1. The molecule has 39 heavy (non-hydrogen) atoms. The Labute approximate surface area is 229 Å². The second kappa shape index (κ2) is 9.85. The van der Waals surface area contributed by atoms with Gasteiger partial charge in [-0.15, -0.1) is 11.6 Å². The Bertz CT molecular complexity index is 1850. The summed E-state index contributed by atoms with van der Waals surface area (Å²) in [6.45, 7) is 0.544. The Hall–Kier alpha value is -4.75. The number of para-hydroxylation sites is 1. The van der Waals surface area contributed by atoms with Crippen LogP contribution in [0.1, 0.15) is 26.5 Å². The Balaban J connectivity index is 0.00000135. The topological polar surface area (TPSA) is 101 Å². The number of nitrogens with zero attached hydrogens (tertiary/aromatic N) is 1. The summed E-state index contributed by atoms with van der Waals surface area (Å²) in [4.78, 5) is 34.4. The van der Waals surface area contributed by atoms with Crippen molar-refractivity contribution in [1.29, 1.82) is 0 Å². The highest BCUT2D eigenvalue weighted by Crippen LogP contribution is 2.40. The van der Waals surface area contributed by atoms with Crippen LogP contribution in [0.15, 0.2) is 84.9 Å². The molecule has 194 valence electrons. The number of aromatic nitrogens is 2. The molecule has 4 N–H and O–H groups in total. The zero-order valence-electron chi connectivity index (χ0n) is 21.1. The first kappa shape index (κ1) is 24.6. The van der Waals surface area contributed by atoms with E-state index >= 15 is 0 Å². The maximum absolute atomic E-state index is 13.5. The van der Waals surface area contributed by atoms with Crippen LogP contribution in [0.4, 0.5) is 11.4 Å². The number of nitrogens with one attached hydrogen (secondary N) is 3. The Morgan fingerprint density at radius 3 is 2.33 bits per heavy atom. The molecule has 0 fully saturated rings. The first-order chi connectivity index (χ1) is 19.0. The van der Waals surface area contributed by atoms with Gasteiger partial charge in [0.2, 0.25) is 0 Å². The first-order valence-corrected chi connectivity index (χ1v) is 13.3. The Morgan fingerprint density at radius 1 is 0.821 bits per heavy atom. The molecule has 4 aromatic carbocycles. The molecule has 7 rings (SSSR count). The largest absolute Gasteiger partial charge is 0.507 e. The van der Waals surface area contributed by atoms with Gasteiger partial charge in [-0.3, -0.25) is 9.59 Å². The van der Waals surface area contributed by atoms with Crippen molar-refractivity contribution in [3.63, 3.8) is 0 Å². The normalized spacial score (nSPS) is 12.4. The van der Waals surface area contributed by atoms with Gasteiger partial charge in [-0.1, -0.05) is 42.5 Å². The molecular formula is C31H25ClN4O3. The fraction of sp³-hybridized carbons (Fsp3) is 0.0968. The average molecular weight is 537 g/mol. The van der Waals surface area contributed by atoms with Crippen molar-refractivity contribution in [2.75, 3.05) is 23.1 Å². The molecule has 1 aliphatic heterocycles. The minimum absolute atomic E-state index is 0.159. The van der Waals surface area contributed by atoms with Crippen LogP contribution in [0.3, 0.4) is 0 Å². The molecule has 0 saturated carbocycles. The van der Waals surface area contributed by atoms with E-state index in [2.05, 4.69) is 26.9 Å². The zero-order chi connectivity index (χ0) is 27.1. The number of H-pyrrole nitrogens is 2. The van der Waals surface area contributed by atoms with Gasteiger partial charge in [0, 0.05) is 51.9 Å². The van der Waals surface area contributed by atoms with E-state index in [0.717, 1.165) is 50.2 Å². The van der Waals surface area contributed by atoms with E-state index in [1.165, 1.54) is 6.38 Å². The van der Waals surface area contributed by atoms with Gasteiger partial charge in [0.1, 0.15) is 17.1 Å². The van der Waals surface area contributed by atoms with Crippen molar-refractivity contribution in [1.82, 2.24) is 9.97 Å². The summed E-state index contributed by atoms with van der Waals surface area (Å²) in [6, 6.07) is 26.3. The number of hydrogen-bond donors (Lipinski definition) is 4. The van der Waals surface area contributed by atoms with Crippen LogP contribution in [0.25, 0.3) is 32.6 Å². The molecule has 8 heteroatoms. The summed E-state index contributed by atoms with van der Waals surface area (Å²) in [5.74, 6) is -0.225. The number of anilines is 2. The van der Waals surface area contributed by atoms with Gasteiger partial charge in [-0.2, -0.15) is 0 Å². The second-order valence-corrected chi connectivity index (χ2v) is 9.36. The number of rotatable bonds is 3. The molecule has 7 nitrogen and oxygen atoms in total. The molecule has 2 aromatic heterocycles. The average Bonchev–Trinajstić information content (AvgIpc) is 3.70. The highest BCUT2D eigenvalue weighted by atomic mass is 35.5. The summed E-state index contributed by atoms with van der Waals surface area (Å²) < 4.78 is 0. The van der Waals surface area contributed by atoms with Gasteiger partial charge < -0.3 is 25.3 Å². The minimum Gasteiger partial charge on any atom is -0.507 e. The number of phenolic OH excluding ortho intramolecular Hbond substituents is 1. The van der Waals surface area contributed by atoms with Gasteiger partial charge in [0.25, 0.3) is 11.8 Å². The van der Waals surface area contributed by atoms with Crippen molar-refractivity contribution in [2.24, 2.45) is 0 Å². The van der Waals surface area contributed by atoms with Crippen molar-refractivity contribution < 1.29 is 14.7 Å². The number of amides is 2. The summed E-state index contributed by atoms with van der Waals surface area (Å²) >= 11 is 4.64. The Morgan fingerprint density at radius 2 is 1.51 bits per heavy atom. The summed E-state index contributed by atoms with van der Waals surface area (Å²) in [5.41, 5.74) is 5.08. The van der Waals surface area contributed by atoms with Gasteiger partial charge in [-0.25, -0.2) is 0 Å². The quantitative estimate of drug-likeness (QED) is 0.187. The van der Waals surface area contributed by atoms with Crippen molar-refractivity contribution in [3.8, 4) is 5.75 Å². The summed E-state index contributed by atoms with van der Waals surface area (Å²) in [7, 11) is 0. The number of alkyl halides is 1. The lowest BCUT2D eigenvalue weighted by molar-refractivity contribution is 0.0983. The smallest absolute Gasteiger partial charge is 0.274 e. The Kier molecular flexibility index (Phi) is 6.21. The zero-order valence-corrected chi connectivity index (χ0v) is 21.8. The molecule has 0 aliphatic carbocycles. The van der Waals surface area contributed by atoms with E-state index in [9.17, 15) is 14.7 Å². The lowest BCUT2D eigenvalue weighted by Gasteiger charge is -2.17. The van der Waals surface area contributed by atoms with Gasteiger partial charge in [-0.05, 0) is 53.8 Å². The van der Waals surface area contributed by atoms with E-state index in [1.54, 1.807) is 17.0 Å². The van der Waals surface area contributed by atoms with Crippen LogP contribution >= 0.6 is 11.6 Å². The van der Waals surface area contributed by atoms with Crippen LogP contribution in [-0.2, 0) is 6.42 Å². The molecule has 1 aliphatic rings. The minimum atomic E-state index is -0.233. The van der Waals surface area contributed by atoms with Crippen LogP contribution in [0.5, 0.6) is 5.75 Å². The van der Waals surface area contributed by atoms with Gasteiger partial charge in [0.15, 0.2) is 0 Å². The van der Waals surface area contributed by atoms with E-state index in [-0.39, 0.29) is 17.6 Å². The predicted molar refractivity (Wildman–Crippen MR) is 157 cm³/mol. The number of carbonyl (C=O) groups is 2. The van der Waals surface area contributed by atoms with Crippen LogP contribution < -0.4 is 10.2 Å². The number of carbonyl (C=O) groups excluding carboxylic acids is 2. The number of aromatic hydroxyl groups is 1. The maximum Gasteiger partial charge on any atom is 0.274 e. The molecule has 6 aromatic rings. The third-order valence-electron chi connectivity index (χ3n) is 7.12. The number of hydrogen-bond acceptors (Lipinski definition) is 3. The van der Waals surface area contributed by atoms with Crippen molar-refractivity contribution in [3.05, 3.63) is 102 Å². The number of fused-ring (bicyclic) bond motifs is 5. The summed E-state index contributed by atoms with van der Waals surface area (Å²) in [6.07, 6.45) is 2.20. The molecule has 0 atom stereocenters. The first-order valence-electron chi connectivity index (χ1n) is 12.5. The van der Waals surface area contributed by atoms with Gasteiger partial charge in [0.05, 0.1) is 5.69 Å². The SMILES string of the molecule is CCl.O=C(Nc1ccc2[nH]c(C(=O)N3CCc4c3cc(O)c3ccccc43)cc2c1)c1cc2ccccc2[nH]1. The molecule has 2 amide bonds. The third kappa shape index (κ3) is 4.27. The standard InChI is InChI=1S/C30H22N4O3.CH3Cl/c35-28-16-27-21(20-6-2-3-7-22(20)28)11-12-34(27)30(37)26-15-18-13-19(9-10-24(18)33-26)31-29(36)25-14-17-5-1-4-8-23(17)32-25;1-2/h1-10,13-16,32-33,35H,11-12H2,(H,31,36);1H3. The molecular weight excluding hydrogens is 512 g/mol. The van der Waals surface area contributed by atoms with E-state index in [1.807, 2.05) is 72.8 Å². The van der Waals surface area contributed by atoms with E-state index in [0.29, 0.717) is 23.6 Å². The lowest BCUT2D eigenvalue weighted by Crippen LogP contribution is -2.29. The maximum atomic E-state index is 13.5. The summed E-state index contributed by atoms with van der Waals surface area (Å²) in [5, 5.41) is 17.1. The van der Waals surface area contributed by atoms with Crippen LogP contribution in [0, 0.1) is 0 Å².